The van der Waals surface area contributed by atoms with Crippen LogP contribution in [0.15, 0.2) is 42.7 Å². The lowest BCUT2D eigenvalue weighted by Crippen LogP contribution is -2.20. The fourth-order valence-corrected chi connectivity index (χ4v) is 5.55. The highest BCUT2D eigenvalue weighted by atomic mass is 14.6. The van der Waals surface area contributed by atoms with Gasteiger partial charge in [0.25, 0.3) is 0 Å². The SMILES string of the molecule is CCCCCCCC1CCC(C(C)c2cnccc2-c2ccccc2CCC)CC1. The minimum atomic E-state index is 0.592. The summed E-state index contributed by atoms with van der Waals surface area (Å²) in [5.41, 5.74) is 5.78. The number of pyridine rings is 1. The first-order valence-corrected chi connectivity index (χ1v) is 12.8. The molecule has 1 nitrogen and oxygen atoms in total. The van der Waals surface area contributed by atoms with Crippen molar-refractivity contribution in [2.75, 3.05) is 0 Å². The molecule has 1 fully saturated rings. The van der Waals surface area contributed by atoms with E-state index in [9.17, 15) is 0 Å². The molecule has 0 aliphatic heterocycles. The molecule has 0 saturated heterocycles. The zero-order valence-corrected chi connectivity index (χ0v) is 19.7. The van der Waals surface area contributed by atoms with Crippen LogP contribution in [-0.2, 0) is 6.42 Å². The van der Waals surface area contributed by atoms with Crippen LogP contribution < -0.4 is 0 Å². The van der Waals surface area contributed by atoms with E-state index in [4.69, 9.17) is 0 Å². The Kier molecular flexibility index (Phi) is 9.43. The molecule has 0 radical (unpaired) electrons. The number of unbranched alkanes of at least 4 members (excludes halogenated alkanes) is 4. The molecule has 1 heterocycles. The highest BCUT2D eigenvalue weighted by Gasteiger charge is 2.27. The molecule has 0 bridgehead atoms. The maximum absolute atomic E-state index is 4.54. The summed E-state index contributed by atoms with van der Waals surface area (Å²) < 4.78 is 0. The molecule has 30 heavy (non-hydrogen) atoms. The van der Waals surface area contributed by atoms with Crippen molar-refractivity contribution in [3.8, 4) is 11.1 Å². The van der Waals surface area contributed by atoms with Crippen molar-refractivity contribution in [2.24, 2.45) is 11.8 Å². The molecule has 1 aromatic heterocycles. The van der Waals surface area contributed by atoms with Crippen LogP contribution in [-0.4, -0.2) is 4.98 Å². The number of nitrogens with zero attached hydrogens (tertiary/aromatic N) is 1. The van der Waals surface area contributed by atoms with Gasteiger partial charge in [-0.25, -0.2) is 0 Å². The first-order valence-electron chi connectivity index (χ1n) is 12.8. The maximum Gasteiger partial charge on any atom is 0.0308 e. The molecule has 1 unspecified atom stereocenters. The lowest BCUT2D eigenvalue weighted by Gasteiger charge is -2.33. The van der Waals surface area contributed by atoms with Crippen LogP contribution in [0.4, 0.5) is 0 Å². The molecule has 0 amide bonds. The van der Waals surface area contributed by atoms with Crippen molar-refractivity contribution in [1.29, 1.82) is 0 Å². The Morgan fingerprint density at radius 1 is 0.867 bits per heavy atom. The topological polar surface area (TPSA) is 12.9 Å². The van der Waals surface area contributed by atoms with Gasteiger partial charge in [0.2, 0.25) is 0 Å². The van der Waals surface area contributed by atoms with Crippen molar-refractivity contribution in [3.05, 3.63) is 53.9 Å². The standard InChI is InChI=1S/C29H43N/c1-4-6-7-8-9-13-24-16-18-25(19-17-24)23(3)29-22-30-21-20-28(29)27-15-11-10-14-26(27)12-5-2/h10-11,14-15,20-25H,4-9,12-13,16-19H2,1-3H3. The van der Waals surface area contributed by atoms with E-state index in [2.05, 4.69) is 62.3 Å². The third-order valence-electron chi connectivity index (χ3n) is 7.48. The first-order chi connectivity index (χ1) is 14.7. The Morgan fingerprint density at radius 3 is 2.40 bits per heavy atom. The van der Waals surface area contributed by atoms with E-state index in [0.29, 0.717) is 5.92 Å². The number of aromatic nitrogens is 1. The molecule has 3 rings (SSSR count). The molecular formula is C29H43N. The Morgan fingerprint density at radius 2 is 1.63 bits per heavy atom. The number of aryl methyl sites for hydroxylation is 1. The second-order valence-electron chi connectivity index (χ2n) is 9.64. The molecule has 1 aliphatic carbocycles. The Balaban J connectivity index is 1.63. The van der Waals surface area contributed by atoms with E-state index < -0.39 is 0 Å². The van der Waals surface area contributed by atoms with E-state index in [1.165, 1.54) is 92.9 Å². The summed E-state index contributed by atoms with van der Waals surface area (Å²) in [7, 11) is 0. The Labute approximate surface area is 185 Å². The van der Waals surface area contributed by atoms with Crippen molar-refractivity contribution in [2.45, 2.75) is 104 Å². The molecule has 164 valence electrons. The van der Waals surface area contributed by atoms with Gasteiger partial charge >= 0.3 is 0 Å². The summed E-state index contributed by atoms with van der Waals surface area (Å²) in [5.74, 6) is 2.38. The lowest BCUT2D eigenvalue weighted by molar-refractivity contribution is 0.236. The van der Waals surface area contributed by atoms with Gasteiger partial charge in [0.15, 0.2) is 0 Å². The Bertz CT molecular complexity index is 742. The van der Waals surface area contributed by atoms with Gasteiger partial charge in [-0.05, 0) is 65.3 Å². The second-order valence-corrected chi connectivity index (χ2v) is 9.64. The smallest absolute Gasteiger partial charge is 0.0308 e. The van der Waals surface area contributed by atoms with Crippen LogP contribution in [0.5, 0.6) is 0 Å². The van der Waals surface area contributed by atoms with Gasteiger partial charge < -0.3 is 0 Å². The van der Waals surface area contributed by atoms with Crippen LogP contribution in [0.25, 0.3) is 11.1 Å². The molecular weight excluding hydrogens is 362 g/mol. The third-order valence-corrected chi connectivity index (χ3v) is 7.48. The fraction of sp³-hybridized carbons (Fsp3) is 0.621. The maximum atomic E-state index is 4.54. The quantitative estimate of drug-likeness (QED) is 0.340. The molecule has 2 aromatic rings. The minimum Gasteiger partial charge on any atom is -0.264 e. The molecule has 1 aromatic carbocycles. The van der Waals surface area contributed by atoms with Crippen LogP contribution in [0.1, 0.15) is 108 Å². The summed E-state index contributed by atoms with van der Waals surface area (Å²) in [6, 6.07) is 11.2. The molecule has 1 atom stereocenters. The fourth-order valence-electron chi connectivity index (χ4n) is 5.55. The van der Waals surface area contributed by atoms with E-state index >= 15 is 0 Å². The van der Waals surface area contributed by atoms with Gasteiger partial charge in [0.1, 0.15) is 0 Å². The van der Waals surface area contributed by atoms with Gasteiger partial charge in [-0.1, -0.05) is 103 Å². The van der Waals surface area contributed by atoms with Crippen LogP contribution >= 0.6 is 0 Å². The zero-order chi connectivity index (χ0) is 21.2. The van der Waals surface area contributed by atoms with Gasteiger partial charge in [-0.3, -0.25) is 4.98 Å². The summed E-state index contributed by atoms with van der Waals surface area (Å²) in [6.07, 6.45) is 20.7. The lowest BCUT2D eigenvalue weighted by atomic mass is 9.72. The van der Waals surface area contributed by atoms with Crippen LogP contribution in [0.3, 0.4) is 0 Å². The van der Waals surface area contributed by atoms with E-state index in [0.717, 1.165) is 18.3 Å². The average Bonchev–Trinajstić information content (AvgIpc) is 2.79. The minimum absolute atomic E-state index is 0.592. The number of benzene rings is 1. The van der Waals surface area contributed by atoms with Crippen molar-refractivity contribution in [1.82, 2.24) is 4.98 Å². The van der Waals surface area contributed by atoms with E-state index in [1.807, 2.05) is 6.20 Å². The van der Waals surface area contributed by atoms with Crippen LogP contribution in [0, 0.1) is 11.8 Å². The molecule has 1 heteroatoms. The normalized spacial score (nSPS) is 20.2. The van der Waals surface area contributed by atoms with Crippen molar-refractivity contribution >= 4 is 0 Å². The largest absolute Gasteiger partial charge is 0.264 e. The number of hydrogen-bond acceptors (Lipinski definition) is 1. The van der Waals surface area contributed by atoms with E-state index in [-0.39, 0.29) is 0 Å². The molecule has 0 spiro atoms. The van der Waals surface area contributed by atoms with Gasteiger partial charge in [-0.2, -0.15) is 0 Å². The third kappa shape index (κ3) is 6.19. The highest BCUT2D eigenvalue weighted by Crippen LogP contribution is 2.42. The first kappa shape index (κ1) is 23.0. The van der Waals surface area contributed by atoms with Gasteiger partial charge in [0.05, 0.1) is 0 Å². The average molecular weight is 406 g/mol. The molecule has 0 N–H and O–H groups in total. The summed E-state index contributed by atoms with van der Waals surface area (Å²) in [6.45, 7) is 7.03. The van der Waals surface area contributed by atoms with Gasteiger partial charge in [-0.15, -0.1) is 0 Å². The number of rotatable bonds is 11. The highest BCUT2D eigenvalue weighted by molar-refractivity contribution is 5.71. The van der Waals surface area contributed by atoms with Crippen LogP contribution in [0.2, 0.25) is 0 Å². The molecule has 1 aliphatic rings. The summed E-state index contributed by atoms with van der Waals surface area (Å²) in [4.78, 5) is 4.54. The van der Waals surface area contributed by atoms with Crippen molar-refractivity contribution < 1.29 is 0 Å². The Hall–Kier alpha value is -1.63. The predicted molar refractivity (Wildman–Crippen MR) is 131 cm³/mol. The second kappa shape index (κ2) is 12.3. The summed E-state index contributed by atoms with van der Waals surface area (Å²) in [5, 5.41) is 0. The van der Waals surface area contributed by atoms with Gasteiger partial charge in [0, 0.05) is 12.4 Å². The van der Waals surface area contributed by atoms with E-state index in [1.54, 1.807) is 0 Å². The zero-order valence-electron chi connectivity index (χ0n) is 19.7. The van der Waals surface area contributed by atoms with Crippen molar-refractivity contribution in [3.63, 3.8) is 0 Å². The predicted octanol–water partition coefficient (Wildman–Crippen LogP) is 8.97. The molecule has 1 saturated carbocycles. The number of hydrogen-bond donors (Lipinski definition) is 0. The monoisotopic (exact) mass is 405 g/mol. The summed E-state index contributed by atoms with van der Waals surface area (Å²) >= 11 is 0.